The first-order valence-electron chi connectivity index (χ1n) is 10.0. The van der Waals surface area contributed by atoms with Crippen molar-refractivity contribution >= 4 is 0 Å². The third kappa shape index (κ3) is 2.87. The van der Waals surface area contributed by atoms with Gasteiger partial charge in [0, 0.05) is 37.6 Å². The van der Waals surface area contributed by atoms with Crippen LogP contribution in [0.15, 0.2) is 42.5 Å². The van der Waals surface area contributed by atoms with Gasteiger partial charge in [-0.15, -0.1) is 0 Å². The molecule has 0 radical (unpaired) electrons. The first kappa shape index (κ1) is 17.7. The van der Waals surface area contributed by atoms with Crippen LogP contribution >= 0.6 is 0 Å². The summed E-state index contributed by atoms with van der Waals surface area (Å²) in [4.78, 5) is 5.09. The van der Waals surface area contributed by atoms with E-state index in [2.05, 4.69) is 41.1 Å². The number of rotatable bonds is 0. The lowest BCUT2D eigenvalue weighted by Gasteiger charge is -2.39. The Balaban J connectivity index is 0.000000814. The van der Waals surface area contributed by atoms with Gasteiger partial charge in [-0.05, 0) is 54.3 Å². The summed E-state index contributed by atoms with van der Waals surface area (Å²) in [7, 11) is 2.22. The van der Waals surface area contributed by atoms with Crippen molar-refractivity contribution in [1.29, 1.82) is 0 Å². The van der Waals surface area contributed by atoms with E-state index >= 15 is 0 Å². The zero-order valence-electron chi connectivity index (χ0n) is 16.1. The van der Waals surface area contributed by atoms with Gasteiger partial charge in [-0.2, -0.15) is 0 Å². The predicted molar refractivity (Wildman–Crippen MR) is 105 cm³/mol. The molecule has 0 amide bonds. The fourth-order valence-electron chi connectivity index (χ4n) is 5.21. The maximum Gasteiger partial charge on any atom is 0.123 e. The van der Waals surface area contributed by atoms with Crippen LogP contribution in [-0.4, -0.2) is 42.5 Å². The molecule has 3 heteroatoms. The lowest BCUT2D eigenvalue weighted by molar-refractivity contribution is 0.0921. The van der Waals surface area contributed by atoms with Crippen molar-refractivity contribution < 1.29 is 4.39 Å². The summed E-state index contributed by atoms with van der Waals surface area (Å²) in [5, 5.41) is 0. The molecule has 2 aliphatic heterocycles. The molecule has 2 heterocycles. The van der Waals surface area contributed by atoms with Gasteiger partial charge in [-0.1, -0.05) is 44.2 Å². The molecule has 5 rings (SSSR count). The number of likely N-dealkylation sites (N-methyl/N-ethyl adjacent to an activating group) is 1. The molecular weight excluding hydrogens is 323 g/mol. The summed E-state index contributed by atoms with van der Waals surface area (Å²) in [6, 6.07) is 15.2. The molecule has 2 fully saturated rings. The number of piperazine rings is 1. The lowest BCUT2D eigenvalue weighted by atomic mass is 9.87. The summed E-state index contributed by atoms with van der Waals surface area (Å²) in [5.41, 5.74) is 5.43. The number of nitrogens with zero attached hydrogens (tertiary/aromatic N) is 2. The van der Waals surface area contributed by atoms with Crippen molar-refractivity contribution in [3.63, 3.8) is 0 Å². The van der Waals surface area contributed by atoms with Crippen LogP contribution in [0.1, 0.15) is 54.5 Å². The predicted octanol–water partition coefficient (Wildman–Crippen LogP) is 4.60. The normalized spacial score (nSPS) is 27.3. The van der Waals surface area contributed by atoms with Crippen LogP contribution in [0.2, 0.25) is 0 Å². The second-order valence-corrected chi connectivity index (χ2v) is 7.66. The molecule has 0 aromatic heterocycles. The quantitative estimate of drug-likeness (QED) is 0.684. The van der Waals surface area contributed by atoms with Gasteiger partial charge in [-0.3, -0.25) is 4.90 Å². The second kappa shape index (κ2) is 7.13. The fraction of sp³-hybridized carbons (Fsp3) is 0.478. The van der Waals surface area contributed by atoms with Crippen molar-refractivity contribution in [3.05, 3.63) is 70.5 Å². The van der Waals surface area contributed by atoms with Gasteiger partial charge in [0.1, 0.15) is 5.82 Å². The zero-order valence-corrected chi connectivity index (χ0v) is 16.1. The molecule has 2 aromatic carbocycles. The Kier molecular flexibility index (Phi) is 4.85. The summed E-state index contributed by atoms with van der Waals surface area (Å²) in [5.74, 6) is 0.386. The van der Waals surface area contributed by atoms with Gasteiger partial charge in [0.25, 0.3) is 0 Å². The van der Waals surface area contributed by atoms with Gasteiger partial charge in [0.15, 0.2) is 0 Å². The number of benzene rings is 2. The molecule has 138 valence electrons. The van der Waals surface area contributed by atoms with Gasteiger partial charge < -0.3 is 4.90 Å². The van der Waals surface area contributed by atoms with Crippen LogP contribution < -0.4 is 0 Å². The Morgan fingerprint density at radius 2 is 1.73 bits per heavy atom. The summed E-state index contributed by atoms with van der Waals surface area (Å²) in [6.45, 7) is 7.31. The molecule has 0 bridgehead atoms. The van der Waals surface area contributed by atoms with E-state index in [0.29, 0.717) is 18.0 Å². The van der Waals surface area contributed by atoms with E-state index < -0.39 is 0 Å². The van der Waals surface area contributed by atoms with Crippen LogP contribution in [0, 0.1) is 5.82 Å². The fourth-order valence-corrected chi connectivity index (χ4v) is 5.21. The molecule has 0 spiro atoms. The Hall–Kier alpha value is -1.71. The maximum absolute atomic E-state index is 14.1. The standard InChI is InChI=1S/C21H23FN2.C2H6/c1-23-8-9-24-17(13-23)12-20-18-5-3-2-4-14(18)10-15-6-7-16(22)11-19(15)21(20)24;1-2/h2-7,11,17,20-21H,8-10,12-13H2,1H3;1-2H3/t17-,20-,21?;/m1./s1. The van der Waals surface area contributed by atoms with E-state index in [1.54, 1.807) is 12.1 Å². The Labute approximate surface area is 156 Å². The first-order valence-corrected chi connectivity index (χ1v) is 10.0. The molecule has 26 heavy (non-hydrogen) atoms. The minimum atomic E-state index is -0.101. The van der Waals surface area contributed by atoms with E-state index in [4.69, 9.17) is 0 Å². The van der Waals surface area contributed by atoms with E-state index in [-0.39, 0.29) is 5.82 Å². The molecule has 3 atom stereocenters. The molecule has 0 N–H and O–H groups in total. The molecule has 1 unspecified atom stereocenters. The number of hydrogen-bond donors (Lipinski definition) is 0. The third-order valence-electron chi connectivity index (χ3n) is 6.26. The van der Waals surface area contributed by atoms with Gasteiger partial charge >= 0.3 is 0 Å². The Morgan fingerprint density at radius 1 is 0.962 bits per heavy atom. The first-order chi connectivity index (χ1) is 12.7. The smallest absolute Gasteiger partial charge is 0.123 e. The van der Waals surface area contributed by atoms with E-state index in [1.807, 2.05) is 19.9 Å². The van der Waals surface area contributed by atoms with Crippen molar-refractivity contribution in [3.8, 4) is 0 Å². The Bertz CT molecular complexity index is 788. The van der Waals surface area contributed by atoms with Crippen LogP contribution in [0.3, 0.4) is 0 Å². The number of fused-ring (bicyclic) bond motifs is 7. The average Bonchev–Trinajstić information content (AvgIpc) is 2.97. The molecule has 1 aliphatic carbocycles. The zero-order chi connectivity index (χ0) is 18.3. The maximum atomic E-state index is 14.1. The molecular formula is C23H29FN2. The van der Waals surface area contributed by atoms with E-state index in [1.165, 1.54) is 28.7 Å². The second-order valence-electron chi connectivity index (χ2n) is 7.66. The highest BCUT2D eigenvalue weighted by atomic mass is 19.1. The summed E-state index contributed by atoms with van der Waals surface area (Å²) in [6.07, 6.45) is 2.11. The van der Waals surface area contributed by atoms with Crippen LogP contribution in [-0.2, 0) is 6.42 Å². The molecule has 2 nitrogen and oxygen atoms in total. The highest BCUT2D eigenvalue weighted by molar-refractivity contribution is 5.46. The van der Waals surface area contributed by atoms with Crippen LogP contribution in [0.4, 0.5) is 4.39 Å². The molecule has 3 aliphatic rings. The van der Waals surface area contributed by atoms with E-state index in [9.17, 15) is 4.39 Å². The van der Waals surface area contributed by atoms with E-state index in [0.717, 1.165) is 26.1 Å². The molecule has 0 saturated carbocycles. The number of hydrogen-bond acceptors (Lipinski definition) is 2. The van der Waals surface area contributed by atoms with Crippen LogP contribution in [0.25, 0.3) is 0 Å². The van der Waals surface area contributed by atoms with Gasteiger partial charge in [0.05, 0.1) is 0 Å². The minimum Gasteiger partial charge on any atom is -0.304 e. The van der Waals surface area contributed by atoms with Crippen LogP contribution in [0.5, 0.6) is 0 Å². The monoisotopic (exact) mass is 352 g/mol. The summed E-state index contributed by atoms with van der Waals surface area (Å²) < 4.78 is 14.1. The topological polar surface area (TPSA) is 6.48 Å². The van der Waals surface area contributed by atoms with Crippen molar-refractivity contribution in [2.24, 2.45) is 0 Å². The number of halogens is 1. The largest absolute Gasteiger partial charge is 0.304 e. The molecule has 2 aromatic rings. The van der Waals surface area contributed by atoms with Gasteiger partial charge in [-0.25, -0.2) is 4.39 Å². The molecule has 2 saturated heterocycles. The minimum absolute atomic E-state index is 0.101. The summed E-state index contributed by atoms with van der Waals surface area (Å²) >= 11 is 0. The Morgan fingerprint density at radius 3 is 2.58 bits per heavy atom. The highest BCUT2D eigenvalue weighted by Gasteiger charge is 2.46. The SMILES string of the molecule is CC.CN1CCN2C3c4cc(F)ccc4Cc4ccccc4[C@H]3C[C@@H]2C1. The van der Waals surface area contributed by atoms with Gasteiger partial charge in [0.2, 0.25) is 0 Å². The lowest BCUT2D eigenvalue weighted by Crippen LogP contribution is -2.49. The highest BCUT2D eigenvalue weighted by Crippen LogP contribution is 2.51. The van der Waals surface area contributed by atoms with Crippen molar-refractivity contribution in [2.75, 3.05) is 26.7 Å². The van der Waals surface area contributed by atoms with Crippen molar-refractivity contribution in [1.82, 2.24) is 9.80 Å². The third-order valence-corrected chi connectivity index (χ3v) is 6.26. The average molecular weight is 352 g/mol. The van der Waals surface area contributed by atoms with Crippen molar-refractivity contribution in [2.45, 2.75) is 44.7 Å².